The largest absolute Gasteiger partial charge is 0.293 e. The summed E-state index contributed by atoms with van der Waals surface area (Å²) in [5, 5.41) is 0.884. The molecule has 0 N–H and O–H groups in total. The lowest BCUT2D eigenvalue weighted by Gasteiger charge is -1.98. The summed E-state index contributed by atoms with van der Waals surface area (Å²) in [6, 6.07) is 19.9. The molecule has 3 rings (SSSR count). The van der Waals surface area contributed by atoms with Gasteiger partial charge in [-0.1, -0.05) is 60.7 Å². The Morgan fingerprint density at radius 1 is 0.900 bits per heavy atom. The molecule has 3 heteroatoms. The molecule has 0 radical (unpaired) electrons. The molecular weight excluding hydrogens is 266 g/mol. The van der Waals surface area contributed by atoms with Crippen LogP contribution in [0, 0.1) is 0 Å². The zero-order valence-corrected chi connectivity index (χ0v) is 11.9. The smallest absolute Gasteiger partial charge is 0.179 e. The molecule has 2 aromatic carbocycles. The van der Waals surface area contributed by atoms with Crippen LogP contribution in [0.5, 0.6) is 0 Å². The Kier molecular flexibility index (Phi) is 3.44. The predicted octanol–water partition coefficient (Wildman–Crippen LogP) is 4.68. The van der Waals surface area contributed by atoms with E-state index in [1.165, 1.54) is 0 Å². The van der Waals surface area contributed by atoms with Crippen molar-refractivity contribution in [2.45, 2.75) is 6.92 Å². The van der Waals surface area contributed by atoms with Crippen molar-refractivity contribution in [1.29, 1.82) is 0 Å². The van der Waals surface area contributed by atoms with Gasteiger partial charge in [-0.25, -0.2) is 4.98 Å². The maximum absolute atomic E-state index is 11.8. The van der Waals surface area contributed by atoms with Crippen molar-refractivity contribution in [3.8, 4) is 21.0 Å². The fourth-order valence-corrected chi connectivity index (χ4v) is 3.17. The molecule has 98 valence electrons. The standard InChI is InChI=1S/C17H13NOS/c1-12(19)15-16(13-8-4-2-5-9-13)20-17(18-15)14-10-6-3-7-11-14/h2-11H,1H3. The second kappa shape index (κ2) is 5.39. The number of rotatable bonds is 3. The minimum absolute atomic E-state index is 0.00211. The predicted molar refractivity (Wildman–Crippen MR) is 83.0 cm³/mol. The van der Waals surface area contributed by atoms with Crippen LogP contribution in [0.25, 0.3) is 21.0 Å². The van der Waals surface area contributed by atoms with Crippen molar-refractivity contribution < 1.29 is 4.79 Å². The first-order chi connectivity index (χ1) is 9.75. The molecule has 0 bridgehead atoms. The third kappa shape index (κ3) is 2.40. The highest BCUT2D eigenvalue weighted by Crippen LogP contribution is 2.35. The van der Waals surface area contributed by atoms with E-state index in [0.29, 0.717) is 5.69 Å². The van der Waals surface area contributed by atoms with Crippen LogP contribution in [-0.2, 0) is 0 Å². The summed E-state index contributed by atoms with van der Waals surface area (Å²) in [5.41, 5.74) is 2.64. The topological polar surface area (TPSA) is 30.0 Å². The van der Waals surface area contributed by atoms with E-state index in [1.807, 2.05) is 60.7 Å². The van der Waals surface area contributed by atoms with Gasteiger partial charge in [0, 0.05) is 12.5 Å². The number of nitrogens with zero attached hydrogens (tertiary/aromatic N) is 1. The molecule has 3 aromatic rings. The van der Waals surface area contributed by atoms with Gasteiger partial charge in [0.25, 0.3) is 0 Å². The lowest BCUT2D eigenvalue weighted by molar-refractivity contribution is 0.101. The van der Waals surface area contributed by atoms with Crippen LogP contribution in [0.3, 0.4) is 0 Å². The van der Waals surface area contributed by atoms with Crippen LogP contribution in [0.15, 0.2) is 60.7 Å². The van der Waals surface area contributed by atoms with E-state index in [2.05, 4.69) is 4.98 Å². The Morgan fingerprint density at radius 2 is 1.45 bits per heavy atom. The fraction of sp³-hybridized carbons (Fsp3) is 0.0588. The highest BCUT2D eigenvalue weighted by molar-refractivity contribution is 7.18. The van der Waals surface area contributed by atoms with Gasteiger partial charge in [-0.2, -0.15) is 0 Å². The van der Waals surface area contributed by atoms with Gasteiger partial charge < -0.3 is 0 Å². The number of carbonyl (C=O) groups excluding carboxylic acids is 1. The van der Waals surface area contributed by atoms with Gasteiger partial charge in [0.1, 0.15) is 10.7 Å². The average Bonchev–Trinajstić information content (AvgIpc) is 2.94. The Balaban J connectivity index is 2.15. The number of aromatic nitrogens is 1. The summed E-state index contributed by atoms with van der Waals surface area (Å²) in [6.45, 7) is 1.57. The first kappa shape index (κ1) is 12.8. The fourth-order valence-electron chi connectivity index (χ4n) is 2.05. The summed E-state index contributed by atoms with van der Waals surface area (Å²) in [7, 11) is 0. The third-order valence-corrected chi connectivity index (χ3v) is 4.17. The monoisotopic (exact) mass is 279 g/mol. The number of Topliss-reactive ketones (excluding diaryl/α,β-unsaturated/α-hetero) is 1. The van der Waals surface area contributed by atoms with E-state index in [4.69, 9.17) is 0 Å². The second-order valence-corrected chi connectivity index (χ2v) is 5.48. The molecule has 20 heavy (non-hydrogen) atoms. The van der Waals surface area contributed by atoms with E-state index in [-0.39, 0.29) is 5.78 Å². The Labute approximate surface area is 121 Å². The molecule has 0 spiro atoms. The van der Waals surface area contributed by atoms with E-state index in [0.717, 1.165) is 21.0 Å². The third-order valence-electron chi connectivity index (χ3n) is 3.02. The lowest BCUT2D eigenvalue weighted by atomic mass is 10.1. The Hall–Kier alpha value is -2.26. The normalized spacial score (nSPS) is 10.4. The van der Waals surface area contributed by atoms with Crippen LogP contribution in [-0.4, -0.2) is 10.8 Å². The SMILES string of the molecule is CC(=O)c1nc(-c2ccccc2)sc1-c1ccccc1. The number of benzene rings is 2. The van der Waals surface area contributed by atoms with Crippen molar-refractivity contribution in [2.75, 3.05) is 0 Å². The van der Waals surface area contributed by atoms with Crippen molar-refractivity contribution in [3.05, 3.63) is 66.4 Å². The van der Waals surface area contributed by atoms with Gasteiger partial charge in [-0.3, -0.25) is 4.79 Å². The van der Waals surface area contributed by atoms with Crippen LogP contribution in [0.4, 0.5) is 0 Å². The van der Waals surface area contributed by atoms with E-state index in [1.54, 1.807) is 18.3 Å². The molecule has 0 aliphatic carbocycles. The molecule has 0 amide bonds. The summed E-state index contributed by atoms with van der Waals surface area (Å²) >= 11 is 1.56. The molecule has 0 aliphatic heterocycles. The summed E-state index contributed by atoms with van der Waals surface area (Å²) < 4.78 is 0. The van der Waals surface area contributed by atoms with Gasteiger partial charge >= 0.3 is 0 Å². The maximum atomic E-state index is 11.8. The zero-order valence-electron chi connectivity index (χ0n) is 11.0. The van der Waals surface area contributed by atoms with E-state index >= 15 is 0 Å². The van der Waals surface area contributed by atoms with Crippen molar-refractivity contribution in [3.63, 3.8) is 0 Å². The quantitative estimate of drug-likeness (QED) is 0.652. The van der Waals surface area contributed by atoms with Crippen LogP contribution in [0.2, 0.25) is 0 Å². The summed E-state index contributed by atoms with van der Waals surface area (Å²) in [4.78, 5) is 17.3. The second-order valence-electron chi connectivity index (χ2n) is 4.48. The summed E-state index contributed by atoms with van der Waals surface area (Å²) in [5.74, 6) is 0.00211. The van der Waals surface area contributed by atoms with Gasteiger partial charge in [0.2, 0.25) is 0 Å². The van der Waals surface area contributed by atoms with Gasteiger partial charge in [0.15, 0.2) is 5.78 Å². The maximum Gasteiger partial charge on any atom is 0.179 e. The zero-order chi connectivity index (χ0) is 13.9. The number of hydrogen-bond acceptors (Lipinski definition) is 3. The summed E-state index contributed by atoms with van der Waals surface area (Å²) in [6.07, 6.45) is 0. The highest BCUT2D eigenvalue weighted by atomic mass is 32.1. The Bertz CT molecular complexity index is 732. The number of hydrogen-bond donors (Lipinski definition) is 0. The molecule has 2 nitrogen and oxygen atoms in total. The lowest BCUT2D eigenvalue weighted by Crippen LogP contribution is -1.94. The van der Waals surface area contributed by atoms with Gasteiger partial charge in [-0.05, 0) is 5.56 Å². The van der Waals surface area contributed by atoms with Crippen LogP contribution < -0.4 is 0 Å². The Morgan fingerprint density at radius 3 is 2.00 bits per heavy atom. The van der Waals surface area contributed by atoms with E-state index < -0.39 is 0 Å². The van der Waals surface area contributed by atoms with Crippen LogP contribution >= 0.6 is 11.3 Å². The van der Waals surface area contributed by atoms with Crippen molar-refractivity contribution in [1.82, 2.24) is 4.98 Å². The molecule has 0 unspecified atom stereocenters. The molecule has 1 heterocycles. The molecule has 0 saturated carbocycles. The number of ketones is 1. The molecule has 0 fully saturated rings. The molecule has 1 aromatic heterocycles. The average molecular weight is 279 g/mol. The highest BCUT2D eigenvalue weighted by Gasteiger charge is 2.17. The van der Waals surface area contributed by atoms with Gasteiger partial charge in [-0.15, -0.1) is 11.3 Å². The number of carbonyl (C=O) groups is 1. The van der Waals surface area contributed by atoms with Crippen molar-refractivity contribution in [2.24, 2.45) is 0 Å². The first-order valence-electron chi connectivity index (χ1n) is 6.38. The molecule has 0 saturated heterocycles. The van der Waals surface area contributed by atoms with Crippen LogP contribution in [0.1, 0.15) is 17.4 Å². The molecule has 0 atom stereocenters. The first-order valence-corrected chi connectivity index (χ1v) is 7.20. The molecule has 0 aliphatic rings. The minimum atomic E-state index is 0.00211. The van der Waals surface area contributed by atoms with Crippen molar-refractivity contribution >= 4 is 17.1 Å². The van der Waals surface area contributed by atoms with E-state index in [9.17, 15) is 4.79 Å². The number of thiazole rings is 1. The minimum Gasteiger partial charge on any atom is -0.293 e. The molecular formula is C17H13NOS. The van der Waals surface area contributed by atoms with Gasteiger partial charge in [0.05, 0.1) is 4.88 Å².